The molecule has 0 aliphatic rings. The summed E-state index contributed by atoms with van der Waals surface area (Å²) in [6, 6.07) is 0. The molecule has 0 saturated heterocycles. The summed E-state index contributed by atoms with van der Waals surface area (Å²) in [7, 11) is 0. The number of alkyl halides is 3. The maximum absolute atomic E-state index is 11.4. The number of rotatable bonds is 2. The van der Waals surface area contributed by atoms with Crippen LogP contribution in [0.25, 0.3) is 0 Å². The van der Waals surface area contributed by atoms with Crippen molar-refractivity contribution in [1.82, 2.24) is 0 Å². The van der Waals surface area contributed by atoms with Crippen LogP contribution < -0.4 is 0 Å². The van der Waals surface area contributed by atoms with E-state index in [1.807, 2.05) is 0 Å². The summed E-state index contributed by atoms with van der Waals surface area (Å²) in [5, 5.41) is 7.86. The van der Waals surface area contributed by atoms with Crippen molar-refractivity contribution in [1.29, 1.82) is 0 Å². The molecule has 0 aliphatic carbocycles. The van der Waals surface area contributed by atoms with E-state index in [9.17, 15) is 22.8 Å². The second kappa shape index (κ2) is 3.93. The van der Waals surface area contributed by atoms with E-state index in [1.165, 1.54) is 0 Å². The molecule has 1 N–H and O–H groups in total. The highest BCUT2D eigenvalue weighted by atomic mass is 19.4. The van der Waals surface area contributed by atoms with Gasteiger partial charge >= 0.3 is 18.1 Å². The molecular formula is C5H5F3O4. The van der Waals surface area contributed by atoms with Crippen molar-refractivity contribution in [3.63, 3.8) is 0 Å². The van der Waals surface area contributed by atoms with Gasteiger partial charge in [-0.2, -0.15) is 13.2 Å². The van der Waals surface area contributed by atoms with Crippen molar-refractivity contribution in [3.05, 3.63) is 0 Å². The molecule has 0 atom stereocenters. The van der Waals surface area contributed by atoms with Gasteiger partial charge in [0.1, 0.15) is 6.61 Å². The Morgan fingerprint density at radius 3 is 2.17 bits per heavy atom. The van der Waals surface area contributed by atoms with Crippen molar-refractivity contribution in [2.75, 3.05) is 6.61 Å². The smallest absolute Gasteiger partial charge is 0.417 e. The molecule has 0 saturated carbocycles. The van der Waals surface area contributed by atoms with E-state index < -0.39 is 31.1 Å². The predicted molar refractivity (Wildman–Crippen MR) is 29.3 cm³/mol. The summed E-state index contributed by atoms with van der Waals surface area (Å²) in [6.07, 6.45) is -5.79. The lowest BCUT2D eigenvalue weighted by molar-refractivity contribution is -0.170. The molecule has 0 unspecified atom stereocenters. The maximum atomic E-state index is 11.4. The maximum Gasteiger partial charge on any atom is 0.417 e. The zero-order valence-corrected chi connectivity index (χ0v) is 5.72. The lowest BCUT2D eigenvalue weighted by atomic mass is 10.4. The molecule has 0 spiro atoms. The molecule has 0 aromatic carbocycles. The minimum atomic E-state index is -4.45. The average Bonchev–Trinajstić information content (AvgIpc) is 1.84. The van der Waals surface area contributed by atoms with Crippen LogP contribution in [0.5, 0.6) is 0 Å². The van der Waals surface area contributed by atoms with E-state index in [0.29, 0.717) is 0 Å². The molecule has 0 radical (unpaired) electrons. The van der Waals surface area contributed by atoms with Gasteiger partial charge in [0.25, 0.3) is 0 Å². The van der Waals surface area contributed by atoms with Crippen molar-refractivity contribution in [3.8, 4) is 0 Å². The molecule has 12 heavy (non-hydrogen) atoms. The number of carboxylic acids is 1. The highest BCUT2D eigenvalue weighted by Crippen LogP contribution is 2.18. The number of halogens is 3. The van der Waals surface area contributed by atoms with Crippen LogP contribution in [0, 0.1) is 0 Å². The van der Waals surface area contributed by atoms with Crippen LogP contribution in [0.15, 0.2) is 0 Å². The second-order valence-electron chi connectivity index (χ2n) is 1.81. The van der Waals surface area contributed by atoms with Crippen LogP contribution in [0.1, 0.15) is 6.42 Å². The van der Waals surface area contributed by atoms with Gasteiger partial charge in [0.05, 0.1) is 6.42 Å². The fourth-order valence-corrected chi connectivity index (χ4v) is 0.321. The molecule has 0 aromatic rings. The molecule has 0 rings (SSSR count). The summed E-state index contributed by atoms with van der Waals surface area (Å²) in [6.45, 7) is -0.964. The van der Waals surface area contributed by atoms with Crippen LogP contribution >= 0.6 is 0 Å². The number of carbonyl (C=O) groups excluding carboxylic acids is 1. The number of carbonyl (C=O) groups is 2. The molecular weight excluding hydrogens is 181 g/mol. The standard InChI is InChI=1S/C5H5F3O4/c6-5(7,8)1-2-12-4(11)3(9)10/h1-2H2,(H,9,10). The van der Waals surface area contributed by atoms with Crippen molar-refractivity contribution in [2.45, 2.75) is 12.6 Å². The van der Waals surface area contributed by atoms with Crippen LogP contribution in [-0.2, 0) is 14.3 Å². The quantitative estimate of drug-likeness (QED) is 0.505. The van der Waals surface area contributed by atoms with Crippen molar-refractivity contribution in [2.24, 2.45) is 0 Å². The minimum absolute atomic E-state index is 0.964. The summed E-state index contributed by atoms with van der Waals surface area (Å²) in [4.78, 5) is 19.7. The van der Waals surface area contributed by atoms with Crippen molar-refractivity contribution >= 4 is 11.9 Å². The Hall–Kier alpha value is -1.27. The molecule has 0 fully saturated rings. The van der Waals surface area contributed by atoms with E-state index in [2.05, 4.69) is 4.74 Å². The van der Waals surface area contributed by atoms with Gasteiger partial charge in [0.15, 0.2) is 0 Å². The predicted octanol–water partition coefficient (Wildman–Crippen LogP) is 0.567. The first-order chi connectivity index (χ1) is 5.33. The Morgan fingerprint density at radius 1 is 1.33 bits per heavy atom. The zero-order valence-electron chi connectivity index (χ0n) is 5.72. The first-order valence-corrected chi connectivity index (χ1v) is 2.80. The molecule has 0 amide bonds. The largest absolute Gasteiger partial charge is 0.473 e. The Morgan fingerprint density at radius 2 is 1.83 bits per heavy atom. The van der Waals surface area contributed by atoms with Gasteiger partial charge in [0.2, 0.25) is 0 Å². The van der Waals surface area contributed by atoms with Gasteiger partial charge in [-0.3, -0.25) is 0 Å². The lowest BCUT2D eigenvalue weighted by Gasteiger charge is -2.04. The Balaban J connectivity index is 3.58. The van der Waals surface area contributed by atoms with E-state index in [4.69, 9.17) is 5.11 Å². The van der Waals surface area contributed by atoms with Gasteiger partial charge in [-0.15, -0.1) is 0 Å². The van der Waals surface area contributed by atoms with Gasteiger partial charge in [-0.25, -0.2) is 9.59 Å². The zero-order chi connectivity index (χ0) is 9.78. The third-order valence-corrected chi connectivity index (χ3v) is 0.793. The first kappa shape index (κ1) is 10.7. The van der Waals surface area contributed by atoms with Crippen molar-refractivity contribution < 1.29 is 32.6 Å². The molecule has 0 aliphatic heterocycles. The van der Waals surface area contributed by atoms with Gasteiger partial charge in [-0.05, 0) is 0 Å². The number of hydrogen-bond donors (Lipinski definition) is 1. The third kappa shape index (κ3) is 5.51. The summed E-state index contributed by atoms with van der Waals surface area (Å²) in [5.41, 5.74) is 0. The number of ether oxygens (including phenoxy) is 1. The second-order valence-corrected chi connectivity index (χ2v) is 1.81. The third-order valence-electron chi connectivity index (χ3n) is 0.793. The fraction of sp³-hybridized carbons (Fsp3) is 0.600. The Bertz CT molecular complexity index is 186. The van der Waals surface area contributed by atoms with Crippen LogP contribution in [-0.4, -0.2) is 29.8 Å². The highest BCUT2D eigenvalue weighted by Gasteiger charge is 2.27. The minimum Gasteiger partial charge on any atom is -0.473 e. The van der Waals surface area contributed by atoms with Gasteiger partial charge < -0.3 is 9.84 Å². The van der Waals surface area contributed by atoms with Crippen LogP contribution in [0.4, 0.5) is 13.2 Å². The van der Waals surface area contributed by atoms with E-state index in [0.717, 1.165) is 0 Å². The van der Waals surface area contributed by atoms with E-state index in [1.54, 1.807) is 0 Å². The Kier molecular flexibility index (Phi) is 3.52. The topological polar surface area (TPSA) is 63.6 Å². The average molecular weight is 186 g/mol. The lowest BCUT2D eigenvalue weighted by Crippen LogP contribution is -2.20. The molecule has 70 valence electrons. The molecule has 4 nitrogen and oxygen atoms in total. The van der Waals surface area contributed by atoms with Crippen LogP contribution in [0.3, 0.4) is 0 Å². The van der Waals surface area contributed by atoms with Gasteiger partial charge in [-0.1, -0.05) is 0 Å². The highest BCUT2D eigenvalue weighted by molar-refractivity contribution is 6.28. The molecule has 7 heteroatoms. The normalized spacial score (nSPS) is 10.9. The monoisotopic (exact) mass is 186 g/mol. The molecule has 0 heterocycles. The molecule has 0 aromatic heterocycles. The SMILES string of the molecule is O=C(O)C(=O)OCCC(F)(F)F. The number of esters is 1. The van der Waals surface area contributed by atoms with E-state index >= 15 is 0 Å². The number of hydrogen-bond acceptors (Lipinski definition) is 3. The van der Waals surface area contributed by atoms with Gasteiger partial charge in [0, 0.05) is 0 Å². The van der Waals surface area contributed by atoms with E-state index in [-0.39, 0.29) is 0 Å². The first-order valence-electron chi connectivity index (χ1n) is 2.80. The summed E-state index contributed by atoms with van der Waals surface area (Å²) >= 11 is 0. The summed E-state index contributed by atoms with van der Waals surface area (Å²) < 4.78 is 37.8. The summed E-state index contributed by atoms with van der Waals surface area (Å²) in [5.74, 6) is -3.59. The fourth-order valence-electron chi connectivity index (χ4n) is 0.321. The Labute approximate surface area is 64.9 Å². The van der Waals surface area contributed by atoms with Crippen LogP contribution in [0.2, 0.25) is 0 Å². The number of carboxylic acid groups (broad SMARTS) is 1. The molecule has 0 bridgehead atoms. The number of aliphatic carboxylic acids is 1.